The van der Waals surface area contributed by atoms with Gasteiger partial charge in [0.2, 0.25) is 5.91 Å². The number of benzene rings is 1. The van der Waals surface area contributed by atoms with Crippen molar-refractivity contribution < 1.29 is 14.3 Å². The third-order valence-electron chi connectivity index (χ3n) is 3.35. The van der Waals surface area contributed by atoms with Gasteiger partial charge < -0.3 is 15.0 Å². The van der Waals surface area contributed by atoms with Crippen molar-refractivity contribution in [2.45, 2.75) is 19.9 Å². The minimum absolute atomic E-state index is 0.119. The van der Waals surface area contributed by atoms with Crippen LogP contribution in [0.1, 0.15) is 22.8 Å². The smallest absolute Gasteiger partial charge is 0.258 e. The number of hydrogen-bond acceptors (Lipinski definition) is 3. The summed E-state index contributed by atoms with van der Waals surface area (Å²) >= 11 is 0. The molecule has 0 aromatic heterocycles. The molecule has 0 saturated carbocycles. The van der Waals surface area contributed by atoms with Crippen LogP contribution in [-0.4, -0.2) is 43.0 Å². The number of nitrogens with one attached hydrogen (secondary N) is 1. The molecule has 1 aromatic rings. The maximum atomic E-state index is 12.6. The molecule has 1 N–H and O–H groups in total. The van der Waals surface area contributed by atoms with Gasteiger partial charge in [0, 0.05) is 13.1 Å². The quantitative estimate of drug-likeness (QED) is 0.863. The van der Waals surface area contributed by atoms with Crippen molar-refractivity contribution in [1.82, 2.24) is 10.2 Å². The highest BCUT2D eigenvalue weighted by Crippen LogP contribution is 2.22. The lowest BCUT2D eigenvalue weighted by Gasteiger charge is -2.33. The first-order chi connectivity index (χ1) is 9.04. The van der Waals surface area contributed by atoms with E-state index >= 15 is 0 Å². The first-order valence-corrected chi connectivity index (χ1v) is 6.28. The number of aryl methyl sites for hydroxylation is 1. The number of rotatable bonds is 2. The summed E-state index contributed by atoms with van der Waals surface area (Å²) in [5.74, 6) is 0.253. The molecule has 0 spiro atoms. The van der Waals surface area contributed by atoms with Gasteiger partial charge >= 0.3 is 0 Å². The van der Waals surface area contributed by atoms with Crippen LogP contribution in [0.2, 0.25) is 0 Å². The Labute approximate surface area is 112 Å². The Hall–Kier alpha value is -2.04. The van der Waals surface area contributed by atoms with Gasteiger partial charge in [-0.25, -0.2) is 0 Å². The van der Waals surface area contributed by atoms with Gasteiger partial charge in [0.25, 0.3) is 5.91 Å². The molecule has 1 aliphatic heterocycles. The molecule has 1 aromatic carbocycles. The summed E-state index contributed by atoms with van der Waals surface area (Å²) in [6, 6.07) is 5.01. The summed E-state index contributed by atoms with van der Waals surface area (Å²) in [5.41, 5.74) is 1.49. The Morgan fingerprint density at radius 1 is 1.47 bits per heavy atom. The van der Waals surface area contributed by atoms with Crippen LogP contribution in [0.15, 0.2) is 18.2 Å². The molecule has 5 nitrogen and oxygen atoms in total. The average molecular weight is 262 g/mol. The number of piperazine rings is 1. The summed E-state index contributed by atoms with van der Waals surface area (Å²) in [5, 5.41) is 2.74. The second kappa shape index (κ2) is 5.30. The highest BCUT2D eigenvalue weighted by Gasteiger charge is 2.31. The molecule has 2 amide bonds. The van der Waals surface area contributed by atoms with E-state index in [-0.39, 0.29) is 11.8 Å². The lowest BCUT2D eigenvalue weighted by Crippen LogP contribution is -2.55. The van der Waals surface area contributed by atoms with E-state index in [4.69, 9.17) is 4.74 Å². The zero-order chi connectivity index (χ0) is 14.0. The predicted octanol–water partition coefficient (Wildman–Crippen LogP) is 0.964. The number of hydrogen-bond donors (Lipinski definition) is 1. The molecule has 19 heavy (non-hydrogen) atoms. The molecular formula is C14H18N2O3. The van der Waals surface area contributed by atoms with Gasteiger partial charge in [-0.3, -0.25) is 9.59 Å². The molecule has 102 valence electrons. The molecule has 1 aliphatic rings. The molecule has 0 radical (unpaired) electrons. The molecule has 1 unspecified atom stereocenters. The number of carbonyl (C=O) groups excluding carboxylic acids is 2. The SMILES string of the molecule is COc1ccc(C)cc1C(=O)N1CCNC(=O)C1C. The number of carbonyl (C=O) groups is 2. The summed E-state index contributed by atoms with van der Waals surface area (Å²) in [7, 11) is 1.54. The van der Waals surface area contributed by atoms with Crippen molar-refractivity contribution in [3.05, 3.63) is 29.3 Å². The Morgan fingerprint density at radius 3 is 2.89 bits per heavy atom. The van der Waals surface area contributed by atoms with E-state index in [1.165, 1.54) is 7.11 Å². The second-order valence-electron chi connectivity index (χ2n) is 4.67. The number of nitrogens with zero attached hydrogens (tertiary/aromatic N) is 1. The van der Waals surface area contributed by atoms with Crippen LogP contribution < -0.4 is 10.1 Å². The molecule has 2 rings (SSSR count). The monoisotopic (exact) mass is 262 g/mol. The fourth-order valence-corrected chi connectivity index (χ4v) is 2.20. The maximum Gasteiger partial charge on any atom is 0.258 e. The fraction of sp³-hybridized carbons (Fsp3) is 0.429. The second-order valence-corrected chi connectivity index (χ2v) is 4.67. The zero-order valence-electron chi connectivity index (χ0n) is 11.4. The van der Waals surface area contributed by atoms with E-state index in [9.17, 15) is 9.59 Å². The highest BCUT2D eigenvalue weighted by molar-refractivity contribution is 6.00. The summed E-state index contributed by atoms with van der Waals surface area (Å²) in [6.45, 7) is 4.66. The predicted molar refractivity (Wildman–Crippen MR) is 71.2 cm³/mol. The normalized spacial score (nSPS) is 19.0. The van der Waals surface area contributed by atoms with Crippen LogP contribution in [0, 0.1) is 6.92 Å². The Morgan fingerprint density at radius 2 is 2.21 bits per heavy atom. The topological polar surface area (TPSA) is 58.6 Å². The van der Waals surface area contributed by atoms with Crippen molar-refractivity contribution in [1.29, 1.82) is 0 Å². The van der Waals surface area contributed by atoms with Crippen LogP contribution in [0.5, 0.6) is 5.75 Å². The molecule has 1 fully saturated rings. The van der Waals surface area contributed by atoms with Gasteiger partial charge in [-0.2, -0.15) is 0 Å². The van der Waals surface area contributed by atoms with E-state index in [1.807, 2.05) is 13.0 Å². The number of methoxy groups -OCH3 is 1. The first-order valence-electron chi connectivity index (χ1n) is 6.28. The van der Waals surface area contributed by atoms with E-state index in [2.05, 4.69) is 5.32 Å². The Balaban J connectivity index is 2.33. The van der Waals surface area contributed by atoms with E-state index in [0.717, 1.165) is 5.56 Å². The third kappa shape index (κ3) is 2.54. The van der Waals surface area contributed by atoms with Crippen LogP contribution in [0.4, 0.5) is 0 Å². The molecule has 0 bridgehead atoms. The van der Waals surface area contributed by atoms with Crippen LogP contribution >= 0.6 is 0 Å². The number of ether oxygens (including phenoxy) is 1. The van der Waals surface area contributed by atoms with Crippen molar-refractivity contribution in [3.8, 4) is 5.75 Å². The molecule has 5 heteroatoms. The zero-order valence-corrected chi connectivity index (χ0v) is 11.4. The van der Waals surface area contributed by atoms with Gasteiger partial charge in [0.15, 0.2) is 0 Å². The van der Waals surface area contributed by atoms with Crippen molar-refractivity contribution in [2.75, 3.05) is 20.2 Å². The molecule has 0 aliphatic carbocycles. The van der Waals surface area contributed by atoms with Crippen molar-refractivity contribution in [2.24, 2.45) is 0 Å². The maximum absolute atomic E-state index is 12.6. The summed E-state index contributed by atoms with van der Waals surface area (Å²) in [4.78, 5) is 25.8. The highest BCUT2D eigenvalue weighted by atomic mass is 16.5. The number of amides is 2. The first kappa shape index (κ1) is 13.4. The Bertz CT molecular complexity index is 513. The molecule has 1 saturated heterocycles. The van der Waals surface area contributed by atoms with Gasteiger partial charge in [0.05, 0.1) is 12.7 Å². The summed E-state index contributed by atoms with van der Waals surface area (Å²) < 4.78 is 5.23. The van der Waals surface area contributed by atoms with Gasteiger partial charge in [-0.05, 0) is 26.0 Å². The van der Waals surface area contributed by atoms with Crippen LogP contribution in [0.3, 0.4) is 0 Å². The standard InChI is InChI=1S/C14H18N2O3/c1-9-4-5-12(19-3)11(8-9)14(18)16-7-6-15-13(17)10(16)2/h4-5,8,10H,6-7H2,1-3H3,(H,15,17). The largest absolute Gasteiger partial charge is 0.496 e. The van der Waals surface area contributed by atoms with Crippen LogP contribution in [0.25, 0.3) is 0 Å². The van der Waals surface area contributed by atoms with E-state index in [0.29, 0.717) is 24.4 Å². The molecular weight excluding hydrogens is 244 g/mol. The van der Waals surface area contributed by atoms with Crippen molar-refractivity contribution >= 4 is 11.8 Å². The van der Waals surface area contributed by atoms with E-state index < -0.39 is 6.04 Å². The fourth-order valence-electron chi connectivity index (χ4n) is 2.20. The lowest BCUT2D eigenvalue weighted by molar-refractivity contribution is -0.127. The summed E-state index contributed by atoms with van der Waals surface area (Å²) in [6.07, 6.45) is 0. The molecule has 1 atom stereocenters. The van der Waals surface area contributed by atoms with Gasteiger partial charge in [0.1, 0.15) is 11.8 Å². The van der Waals surface area contributed by atoms with Gasteiger partial charge in [-0.15, -0.1) is 0 Å². The van der Waals surface area contributed by atoms with Crippen LogP contribution in [-0.2, 0) is 4.79 Å². The third-order valence-corrected chi connectivity index (χ3v) is 3.35. The lowest BCUT2D eigenvalue weighted by atomic mass is 10.1. The van der Waals surface area contributed by atoms with E-state index in [1.54, 1.807) is 24.0 Å². The minimum Gasteiger partial charge on any atom is -0.496 e. The van der Waals surface area contributed by atoms with Gasteiger partial charge in [-0.1, -0.05) is 11.6 Å². The average Bonchev–Trinajstić information content (AvgIpc) is 2.41. The Kier molecular flexibility index (Phi) is 3.74. The van der Waals surface area contributed by atoms with Crippen molar-refractivity contribution in [3.63, 3.8) is 0 Å². The molecule has 1 heterocycles. The minimum atomic E-state index is -0.452.